The molecule has 0 aromatic heterocycles. The third-order valence-corrected chi connectivity index (χ3v) is 16.8. The van der Waals surface area contributed by atoms with Crippen LogP contribution in [0.1, 0.15) is 44.5 Å². The molecule has 16 rings (SSSR count). The highest BCUT2D eigenvalue weighted by Crippen LogP contribution is 2.69. The predicted octanol–water partition coefficient (Wildman–Crippen LogP) is 18.5. The molecular formula is C72H46N2. The summed E-state index contributed by atoms with van der Waals surface area (Å²) in [6.07, 6.45) is 0. The highest BCUT2D eigenvalue weighted by Gasteiger charge is 2.55. The first-order valence-corrected chi connectivity index (χ1v) is 25.8. The van der Waals surface area contributed by atoms with Crippen molar-refractivity contribution in [3.05, 3.63) is 324 Å². The van der Waals surface area contributed by atoms with Crippen LogP contribution < -0.4 is 9.80 Å². The largest absolute Gasteiger partial charge is 0.310 e. The van der Waals surface area contributed by atoms with E-state index in [0.717, 1.165) is 28.4 Å². The summed E-state index contributed by atoms with van der Waals surface area (Å²) < 4.78 is 0. The van der Waals surface area contributed by atoms with E-state index in [2.05, 4.69) is 289 Å². The van der Waals surface area contributed by atoms with E-state index >= 15 is 0 Å². The van der Waals surface area contributed by atoms with Gasteiger partial charge in [0, 0.05) is 33.9 Å². The van der Waals surface area contributed by atoms with Crippen LogP contribution in [0, 0.1) is 0 Å². The first-order chi connectivity index (χ1) is 36.8. The van der Waals surface area contributed by atoms with E-state index in [1.807, 2.05) is 0 Å². The molecule has 0 fully saturated rings. The van der Waals surface area contributed by atoms with Crippen LogP contribution in [0.3, 0.4) is 0 Å². The lowest BCUT2D eigenvalue weighted by atomic mass is 9.69. The molecule has 4 aliphatic carbocycles. The Balaban J connectivity index is 0.988. The maximum atomic E-state index is 2.53. The molecule has 12 aromatic carbocycles. The zero-order valence-corrected chi connectivity index (χ0v) is 40.5. The summed E-state index contributed by atoms with van der Waals surface area (Å²) in [4.78, 5) is 5.03. The van der Waals surface area contributed by atoms with Gasteiger partial charge in [-0.3, -0.25) is 0 Å². The van der Waals surface area contributed by atoms with Gasteiger partial charge in [0.2, 0.25) is 0 Å². The van der Waals surface area contributed by atoms with Crippen LogP contribution >= 0.6 is 0 Å². The maximum Gasteiger partial charge on any atom is 0.0747 e. The molecule has 74 heavy (non-hydrogen) atoms. The zero-order chi connectivity index (χ0) is 48.5. The fourth-order valence-corrected chi connectivity index (χ4v) is 14.2. The van der Waals surface area contributed by atoms with Gasteiger partial charge in [-0.15, -0.1) is 0 Å². The third kappa shape index (κ3) is 5.28. The van der Waals surface area contributed by atoms with Gasteiger partial charge in [0.15, 0.2) is 0 Å². The molecule has 0 amide bonds. The molecule has 0 N–H and O–H groups in total. The van der Waals surface area contributed by atoms with Crippen molar-refractivity contribution in [1.82, 2.24) is 0 Å². The number of para-hydroxylation sites is 3. The van der Waals surface area contributed by atoms with E-state index in [1.54, 1.807) is 0 Å². The smallest absolute Gasteiger partial charge is 0.0747 e. The first kappa shape index (κ1) is 41.2. The Hall–Kier alpha value is -9.50. The summed E-state index contributed by atoms with van der Waals surface area (Å²) in [5, 5.41) is 2.47. The Bertz CT molecular complexity index is 4190. The molecule has 2 nitrogen and oxygen atoms in total. The van der Waals surface area contributed by atoms with Crippen LogP contribution in [0.25, 0.3) is 55.3 Å². The van der Waals surface area contributed by atoms with Crippen LogP contribution in [-0.2, 0) is 10.8 Å². The summed E-state index contributed by atoms with van der Waals surface area (Å²) in [6, 6.07) is 105. The lowest BCUT2D eigenvalue weighted by Crippen LogP contribution is -2.28. The van der Waals surface area contributed by atoms with Crippen LogP contribution in [0.2, 0.25) is 0 Å². The Morgan fingerprint density at radius 1 is 0.230 bits per heavy atom. The lowest BCUT2D eigenvalue weighted by Gasteiger charge is -2.36. The van der Waals surface area contributed by atoms with Crippen LogP contribution in [0.5, 0.6) is 0 Å². The average molecular weight is 939 g/mol. The molecule has 0 saturated carbocycles. The molecule has 0 bridgehead atoms. The van der Waals surface area contributed by atoms with Crippen molar-refractivity contribution in [3.8, 4) is 44.5 Å². The minimum absolute atomic E-state index is 0.424. The minimum Gasteiger partial charge on any atom is -0.310 e. The van der Waals surface area contributed by atoms with Gasteiger partial charge >= 0.3 is 0 Å². The molecule has 0 aliphatic heterocycles. The third-order valence-electron chi connectivity index (χ3n) is 16.8. The molecule has 2 heteroatoms. The number of hydrogen-bond acceptors (Lipinski definition) is 2. The quantitative estimate of drug-likeness (QED) is 0.164. The van der Waals surface area contributed by atoms with Gasteiger partial charge in [-0.2, -0.15) is 0 Å². The highest BCUT2D eigenvalue weighted by molar-refractivity contribution is 6.12. The van der Waals surface area contributed by atoms with E-state index in [-0.39, 0.29) is 0 Å². The van der Waals surface area contributed by atoms with E-state index in [9.17, 15) is 0 Å². The number of hydrogen-bond donors (Lipinski definition) is 0. The van der Waals surface area contributed by atoms with Gasteiger partial charge in [0.1, 0.15) is 0 Å². The van der Waals surface area contributed by atoms with Crippen molar-refractivity contribution in [2.45, 2.75) is 10.8 Å². The number of benzene rings is 12. The minimum atomic E-state index is -0.677. The topological polar surface area (TPSA) is 6.48 Å². The van der Waals surface area contributed by atoms with E-state index < -0.39 is 10.8 Å². The van der Waals surface area contributed by atoms with Crippen LogP contribution in [0.4, 0.5) is 34.1 Å². The van der Waals surface area contributed by atoms with Gasteiger partial charge in [-0.25, -0.2) is 0 Å². The molecule has 4 aliphatic rings. The Morgan fingerprint density at radius 2 is 0.635 bits per heavy atom. The van der Waals surface area contributed by atoms with Gasteiger partial charge in [-0.1, -0.05) is 218 Å². The fraction of sp³-hybridized carbons (Fsp3) is 0.0278. The number of rotatable bonds is 6. The number of fused-ring (bicyclic) bond motifs is 22. The molecular weight excluding hydrogens is 893 g/mol. The zero-order valence-electron chi connectivity index (χ0n) is 40.5. The summed E-state index contributed by atoms with van der Waals surface area (Å²) in [7, 11) is 0. The fourth-order valence-electron chi connectivity index (χ4n) is 14.2. The summed E-state index contributed by atoms with van der Waals surface area (Å²) in [5.41, 5.74) is 26.5. The Kier molecular flexibility index (Phi) is 8.62. The van der Waals surface area contributed by atoms with Crippen molar-refractivity contribution in [2.24, 2.45) is 0 Å². The van der Waals surface area contributed by atoms with Crippen molar-refractivity contribution < 1.29 is 0 Å². The Labute approximate surface area is 431 Å². The Morgan fingerprint density at radius 3 is 1.19 bits per heavy atom. The molecule has 12 aromatic rings. The second kappa shape index (κ2) is 15.5. The number of anilines is 6. The molecule has 0 radical (unpaired) electrons. The maximum absolute atomic E-state index is 2.53. The normalized spacial score (nSPS) is 15.2. The average Bonchev–Trinajstić information content (AvgIpc) is 4.17. The second-order valence-corrected chi connectivity index (χ2v) is 20.2. The summed E-state index contributed by atoms with van der Waals surface area (Å²) in [6.45, 7) is 0. The molecule has 1 atom stereocenters. The van der Waals surface area contributed by atoms with Gasteiger partial charge in [0.05, 0.1) is 22.2 Å². The first-order valence-electron chi connectivity index (χ1n) is 25.8. The molecule has 344 valence electrons. The second-order valence-electron chi connectivity index (χ2n) is 20.2. The molecule has 1 unspecified atom stereocenters. The SMILES string of the molecule is c1ccc(N(c2ccc3c(c2)-c2ccccc2C32c3ccccc3-c3ccccc32)c2cccc3c2-c2ccccc2C32c3ccccc3-c3c2c(N(c2ccccc2)c2ccccc2)cc2ccccc32)cc1. The highest BCUT2D eigenvalue weighted by atomic mass is 15.2. The lowest BCUT2D eigenvalue weighted by molar-refractivity contribution is 0.793. The standard InChI is InChI=1S/C72H46N2/c1-4-24-48(25-5-1)73(49-26-6-2-7-27-49)67-45-47-23-10-11-30-52(47)68-56-34-15-20-39-62(56)72(70(67)68)63-40-21-16-35-57(63)69-65(72)41-22-42-66(69)74(50-28-8-3-9-29-50)51-43-44-64-58(46-51)55-33-14-19-38-61(55)71(64)59-36-17-12-31-53(59)54-32-13-18-37-60(54)71/h1-46H. The van der Waals surface area contributed by atoms with Crippen molar-refractivity contribution >= 4 is 44.9 Å². The monoisotopic (exact) mass is 938 g/mol. The van der Waals surface area contributed by atoms with Crippen LogP contribution in [-0.4, -0.2) is 0 Å². The van der Waals surface area contributed by atoms with Crippen molar-refractivity contribution in [3.63, 3.8) is 0 Å². The summed E-state index contributed by atoms with van der Waals surface area (Å²) in [5.74, 6) is 0. The molecule has 0 heterocycles. The van der Waals surface area contributed by atoms with Gasteiger partial charge in [-0.05, 0) is 149 Å². The molecule has 2 spiro atoms. The van der Waals surface area contributed by atoms with Crippen LogP contribution in [0.15, 0.2) is 279 Å². The van der Waals surface area contributed by atoms with Crippen molar-refractivity contribution in [2.75, 3.05) is 9.80 Å². The van der Waals surface area contributed by atoms with E-state index in [0.29, 0.717) is 0 Å². The number of nitrogens with zero attached hydrogens (tertiary/aromatic N) is 2. The van der Waals surface area contributed by atoms with Gasteiger partial charge in [0.25, 0.3) is 0 Å². The van der Waals surface area contributed by atoms with Crippen molar-refractivity contribution in [1.29, 1.82) is 0 Å². The molecule has 0 saturated heterocycles. The van der Waals surface area contributed by atoms with Gasteiger partial charge < -0.3 is 9.80 Å². The van der Waals surface area contributed by atoms with E-state index in [1.165, 1.54) is 105 Å². The summed E-state index contributed by atoms with van der Waals surface area (Å²) >= 11 is 0. The predicted molar refractivity (Wildman–Crippen MR) is 306 cm³/mol. The van der Waals surface area contributed by atoms with E-state index in [4.69, 9.17) is 0 Å².